The van der Waals surface area contributed by atoms with Gasteiger partial charge in [0, 0.05) is 10.6 Å². The predicted molar refractivity (Wildman–Crippen MR) is 113 cm³/mol. The van der Waals surface area contributed by atoms with Crippen molar-refractivity contribution in [2.45, 2.75) is 13.2 Å². The van der Waals surface area contributed by atoms with Crippen molar-refractivity contribution in [3.63, 3.8) is 0 Å². The molecule has 1 saturated heterocycles. The van der Waals surface area contributed by atoms with Crippen molar-refractivity contribution >= 4 is 35.5 Å². The highest BCUT2D eigenvalue weighted by molar-refractivity contribution is 6.31. The number of halogens is 1. The average Bonchev–Trinajstić information content (AvgIpc) is 3.28. The Hall–Kier alpha value is -3.84. The summed E-state index contributed by atoms with van der Waals surface area (Å²) in [4.78, 5) is 37.9. The normalized spacial score (nSPS) is 15.3. The Labute approximate surface area is 182 Å². The lowest BCUT2D eigenvalue weighted by atomic mass is 10.1. The molecule has 4 rings (SSSR count). The van der Waals surface area contributed by atoms with Gasteiger partial charge in [-0.3, -0.25) is 19.8 Å². The van der Waals surface area contributed by atoms with E-state index in [2.05, 4.69) is 5.32 Å². The molecular weight excluding hydrogens is 420 g/mol. The number of furan rings is 1. The summed E-state index contributed by atoms with van der Waals surface area (Å²) in [5, 5.41) is 2.80. The minimum absolute atomic E-state index is 0.0723. The van der Waals surface area contributed by atoms with E-state index in [1.807, 2.05) is 18.2 Å². The molecule has 1 aliphatic rings. The van der Waals surface area contributed by atoms with E-state index in [1.165, 1.54) is 12.3 Å². The van der Waals surface area contributed by atoms with Gasteiger partial charge in [-0.25, -0.2) is 4.79 Å². The maximum atomic E-state index is 12.7. The first-order valence-corrected chi connectivity index (χ1v) is 9.76. The molecule has 3 aromatic rings. The minimum Gasteiger partial charge on any atom is -0.489 e. The third-order valence-electron chi connectivity index (χ3n) is 4.62. The van der Waals surface area contributed by atoms with Crippen molar-refractivity contribution in [2.75, 3.05) is 0 Å². The molecule has 0 saturated carbocycles. The Morgan fingerprint density at radius 2 is 1.77 bits per heavy atom. The second kappa shape index (κ2) is 8.89. The number of nitrogens with one attached hydrogen (secondary N) is 1. The molecule has 0 unspecified atom stereocenters. The smallest absolute Gasteiger partial charge is 0.331 e. The molecule has 0 atom stereocenters. The van der Waals surface area contributed by atoms with Gasteiger partial charge in [0.2, 0.25) is 0 Å². The molecule has 7 nitrogen and oxygen atoms in total. The SMILES string of the molecule is O=C1NC(=O)N(Cc2ccco2)C(=O)/C1=C\c1ccc(OCc2ccccc2Cl)cc1. The number of nitrogens with zero attached hydrogens (tertiary/aromatic N) is 1. The number of carbonyl (C=O) groups is 3. The van der Waals surface area contributed by atoms with Gasteiger partial charge < -0.3 is 9.15 Å². The monoisotopic (exact) mass is 436 g/mol. The number of amides is 4. The van der Waals surface area contributed by atoms with Gasteiger partial charge in [-0.2, -0.15) is 0 Å². The Morgan fingerprint density at radius 3 is 2.48 bits per heavy atom. The number of barbiturate groups is 1. The van der Waals surface area contributed by atoms with Gasteiger partial charge in [-0.15, -0.1) is 0 Å². The molecule has 4 amide bonds. The average molecular weight is 437 g/mol. The van der Waals surface area contributed by atoms with Gasteiger partial charge >= 0.3 is 6.03 Å². The van der Waals surface area contributed by atoms with E-state index in [0.717, 1.165) is 10.5 Å². The van der Waals surface area contributed by atoms with Crippen LogP contribution in [0.1, 0.15) is 16.9 Å². The van der Waals surface area contributed by atoms with Crippen LogP contribution in [0.3, 0.4) is 0 Å². The summed E-state index contributed by atoms with van der Waals surface area (Å²) < 4.78 is 10.9. The topological polar surface area (TPSA) is 88.9 Å². The van der Waals surface area contributed by atoms with E-state index in [4.69, 9.17) is 20.8 Å². The number of ether oxygens (including phenoxy) is 1. The van der Waals surface area contributed by atoms with Crippen molar-refractivity contribution in [2.24, 2.45) is 0 Å². The standard InChI is InChI=1S/C23H17ClN2O5/c24-20-6-2-1-4-16(20)14-31-17-9-7-15(8-10-17)12-19-21(27)25-23(29)26(22(19)28)13-18-5-3-11-30-18/h1-12H,13-14H2,(H,25,27,29)/b19-12-. The summed E-state index contributed by atoms with van der Waals surface area (Å²) in [5.74, 6) is -0.401. The predicted octanol–water partition coefficient (Wildman–Crippen LogP) is 4.17. The van der Waals surface area contributed by atoms with Crippen molar-refractivity contribution in [1.82, 2.24) is 10.2 Å². The third kappa shape index (κ3) is 4.67. The van der Waals surface area contributed by atoms with Crippen molar-refractivity contribution < 1.29 is 23.5 Å². The van der Waals surface area contributed by atoms with Gasteiger partial charge in [0.15, 0.2) is 0 Å². The lowest BCUT2D eigenvalue weighted by molar-refractivity contribution is -0.130. The fraction of sp³-hybridized carbons (Fsp3) is 0.0870. The van der Waals surface area contributed by atoms with Gasteiger partial charge in [-0.05, 0) is 42.0 Å². The molecule has 156 valence electrons. The largest absolute Gasteiger partial charge is 0.489 e. The molecule has 0 radical (unpaired) electrons. The summed E-state index contributed by atoms with van der Waals surface area (Å²) in [7, 11) is 0. The highest BCUT2D eigenvalue weighted by atomic mass is 35.5. The Morgan fingerprint density at radius 1 is 1.00 bits per heavy atom. The minimum atomic E-state index is -0.785. The zero-order valence-electron chi connectivity index (χ0n) is 16.2. The van der Waals surface area contributed by atoms with Crippen molar-refractivity contribution in [3.05, 3.63) is 94.4 Å². The van der Waals surface area contributed by atoms with Crippen LogP contribution in [0.2, 0.25) is 5.02 Å². The number of imide groups is 2. The highest BCUT2D eigenvalue weighted by Gasteiger charge is 2.36. The summed E-state index contributed by atoms with van der Waals surface area (Å²) >= 11 is 6.13. The van der Waals surface area contributed by atoms with E-state index in [1.54, 1.807) is 42.5 Å². The maximum absolute atomic E-state index is 12.7. The van der Waals surface area contributed by atoms with Crippen LogP contribution in [0, 0.1) is 0 Å². The number of hydrogen-bond donors (Lipinski definition) is 1. The van der Waals surface area contributed by atoms with Crippen LogP contribution in [-0.4, -0.2) is 22.7 Å². The van der Waals surface area contributed by atoms with Crippen LogP contribution in [0.4, 0.5) is 4.79 Å². The second-order valence-corrected chi connectivity index (χ2v) is 7.14. The van der Waals surface area contributed by atoms with Crippen LogP contribution in [0.5, 0.6) is 5.75 Å². The number of hydrogen-bond acceptors (Lipinski definition) is 5. The Balaban J connectivity index is 1.47. The quantitative estimate of drug-likeness (QED) is 0.462. The molecule has 2 heterocycles. The van der Waals surface area contributed by atoms with Crippen molar-refractivity contribution in [1.29, 1.82) is 0 Å². The summed E-state index contributed by atoms with van der Waals surface area (Å²) in [6.07, 6.45) is 2.87. The second-order valence-electron chi connectivity index (χ2n) is 6.74. The molecule has 31 heavy (non-hydrogen) atoms. The van der Waals surface area contributed by atoms with Crippen LogP contribution in [0.25, 0.3) is 6.08 Å². The molecule has 8 heteroatoms. The molecule has 1 N–H and O–H groups in total. The van der Waals surface area contributed by atoms with E-state index in [0.29, 0.717) is 28.7 Å². The molecular formula is C23H17ClN2O5. The van der Waals surface area contributed by atoms with E-state index >= 15 is 0 Å². The van der Waals surface area contributed by atoms with Gasteiger partial charge in [0.25, 0.3) is 11.8 Å². The number of benzene rings is 2. The van der Waals surface area contributed by atoms with Gasteiger partial charge in [0.05, 0.1) is 12.8 Å². The van der Waals surface area contributed by atoms with Crippen molar-refractivity contribution in [3.8, 4) is 5.75 Å². The fourth-order valence-corrected chi connectivity index (χ4v) is 3.19. The maximum Gasteiger partial charge on any atom is 0.331 e. The molecule has 0 aliphatic carbocycles. The lowest BCUT2D eigenvalue weighted by Crippen LogP contribution is -2.53. The zero-order valence-corrected chi connectivity index (χ0v) is 17.0. The molecule has 1 aliphatic heterocycles. The third-order valence-corrected chi connectivity index (χ3v) is 4.99. The fourth-order valence-electron chi connectivity index (χ4n) is 3.00. The van der Waals surface area contributed by atoms with Crippen LogP contribution in [0.15, 0.2) is 76.9 Å². The van der Waals surface area contributed by atoms with Crippen LogP contribution >= 0.6 is 11.6 Å². The van der Waals surface area contributed by atoms with Gasteiger partial charge in [-0.1, -0.05) is 41.9 Å². The Kier molecular flexibility index (Phi) is 5.86. The molecule has 2 aromatic carbocycles. The highest BCUT2D eigenvalue weighted by Crippen LogP contribution is 2.21. The first-order chi connectivity index (χ1) is 15.0. The number of rotatable bonds is 6. The summed E-state index contributed by atoms with van der Waals surface area (Å²) in [6.45, 7) is 0.238. The first kappa shape index (κ1) is 20.4. The van der Waals surface area contributed by atoms with Crippen LogP contribution in [-0.2, 0) is 22.7 Å². The summed E-state index contributed by atoms with van der Waals surface area (Å²) in [6, 6.07) is 16.8. The lowest BCUT2D eigenvalue weighted by Gasteiger charge is -2.25. The molecule has 1 aromatic heterocycles. The van der Waals surface area contributed by atoms with Gasteiger partial charge in [0.1, 0.15) is 23.7 Å². The number of carbonyl (C=O) groups excluding carboxylic acids is 3. The molecule has 0 bridgehead atoms. The summed E-state index contributed by atoms with van der Waals surface area (Å²) in [5.41, 5.74) is 1.33. The van der Waals surface area contributed by atoms with E-state index in [9.17, 15) is 14.4 Å². The number of urea groups is 1. The Bertz CT molecular complexity index is 1150. The molecule has 1 fully saturated rings. The zero-order chi connectivity index (χ0) is 21.8. The molecule has 0 spiro atoms. The van der Waals surface area contributed by atoms with E-state index in [-0.39, 0.29) is 12.1 Å². The first-order valence-electron chi connectivity index (χ1n) is 9.39. The van der Waals surface area contributed by atoms with Crippen LogP contribution < -0.4 is 10.1 Å². The van der Waals surface area contributed by atoms with E-state index < -0.39 is 17.8 Å².